The van der Waals surface area contributed by atoms with Gasteiger partial charge in [0.05, 0.1) is 17.1 Å². The van der Waals surface area contributed by atoms with Crippen LogP contribution in [0.3, 0.4) is 0 Å². The van der Waals surface area contributed by atoms with Gasteiger partial charge in [0.2, 0.25) is 0 Å². The van der Waals surface area contributed by atoms with E-state index in [9.17, 15) is 0 Å². The molecule has 2 aromatic rings. The van der Waals surface area contributed by atoms with Crippen molar-refractivity contribution in [1.29, 1.82) is 0 Å². The second kappa shape index (κ2) is 6.20. The van der Waals surface area contributed by atoms with Gasteiger partial charge < -0.3 is 20.4 Å². The SMILES string of the molecule is NC(=NCc1nc2ccccc2n1C1CC1)NCC1CCCO1. The van der Waals surface area contributed by atoms with Gasteiger partial charge in [-0.3, -0.25) is 0 Å². The van der Waals surface area contributed by atoms with Gasteiger partial charge in [0.15, 0.2) is 5.96 Å². The molecule has 1 aromatic heterocycles. The number of aliphatic imine (C=N–C) groups is 1. The molecule has 1 unspecified atom stereocenters. The lowest BCUT2D eigenvalue weighted by atomic mass is 10.2. The number of aromatic nitrogens is 2. The monoisotopic (exact) mass is 313 g/mol. The fraction of sp³-hybridized carbons (Fsp3) is 0.529. The molecule has 1 saturated carbocycles. The molecule has 122 valence electrons. The Bertz CT molecular complexity index is 713. The number of fused-ring (bicyclic) bond motifs is 1. The van der Waals surface area contributed by atoms with E-state index < -0.39 is 0 Å². The predicted octanol–water partition coefficient (Wildman–Crippen LogP) is 1.95. The van der Waals surface area contributed by atoms with E-state index in [1.54, 1.807) is 0 Å². The van der Waals surface area contributed by atoms with Crippen molar-refractivity contribution in [2.45, 2.75) is 44.4 Å². The van der Waals surface area contributed by atoms with Crippen molar-refractivity contribution in [3.8, 4) is 0 Å². The molecular weight excluding hydrogens is 290 g/mol. The Morgan fingerprint density at radius 1 is 1.35 bits per heavy atom. The summed E-state index contributed by atoms with van der Waals surface area (Å²) < 4.78 is 7.90. The quantitative estimate of drug-likeness (QED) is 0.653. The number of hydrogen-bond acceptors (Lipinski definition) is 3. The molecule has 2 fully saturated rings. The Morgan fingerprint density at radius 3 is 3.00 bits per heavy atom. The molecule has 0 amide bonds. The predicted molar refractivity (Wildman–Crippen MR) is 90.3 cm³/mol. The van der Waals surface area contributed by atoms with E-state index in [4.69, 9.17) is 15.5 Å². The Morgan fingerprint density at radius 2 is 2.22 bits per heavy atom. The summed E-state index contributed by atoms with van der Waals surface area (Å²) in [7, 11) is 0. The summed E-state index contributed by atoms with van der Waals surface area (Å²) >= 11 is 0. The molecule has 3 N–H and O–H groups in total. The number of hydrogen-bond donors (Lipinski definition) is 2. The number of guanidine groups is 1. The first-order chi connectivity index (χ1) is 11.3. The van der Waals surface area contributed by atoms with Gasteiger partial charge in [-0.25, -0.2) is 9.98 Å². The topological polar surface area (TPSA) is 77.5 Å². The smallest absolute Gasteiger partial charge is 0.189 e. The van der Waals surface area contributed by atoms with Crippen LogP contribution < -0.4 is 11.1 Å². The van der Waals surface area contributed by atoms with Crippen LogP contribution in [0.2, 0.25) is 0 Å². The molecule has 0 radical (unpaired) electrons. The molecule has 1 atom stereocenters. The van der Waals surface area contributed by atoms with Gasteiger partial charge in [0.25, 0.3) is 0 Å². The average Bonchev–Trinajstić information content (AvgIpc) is 3.13. The first kappa shape index (κ1) is 14.5. The van der Waals surface area contributed by atoms with Crippen molar-refractivity contribution in [3.63, 3.8) is 0 Å². The van der Waals surface area contributed by atoms with Crippen molar-refractivity contribution < 1.29 is 4.74 Å². The lowest BCUT2D eigenvalue weighted by Crippen LogP contribution is -2.37. The number of para-hydroxylation sites is 2. The van der Waals surface area contributed by atoms with Gasteiger partial charge >= 0.3 is 0 Å². The summed E-state index contributed by atoms with van der Waals surface area (Å²) in [5.74, 6) is 1.46. The average molecular weight is 313 g/mol. The van der Waals surface area contributed by atoms with Crippen LogP contribution in [0.5, 0.6) is 0 Å². The maximum atomic E-state index is 5.98. The highest BCUT2D eigenvalue weighted by molar-refractivity contribution is 5.78. The zero-order valence-electron chi connectivity index (χ0n) is 13.2. The van der Waals surface area contributed by atoms with E-state index in [0.29, 0.717) is 18.5 Å². The lowest BCUT2D eigenvalue weighted by molar-refractivity contribution is 0.114. The van der Waals surface area contributed by atoms with E-state index in [2.05, 4.69) is 33.1 Å². The Hall–Kier alpha value is -2.08. The highest BCUT2D eigenvalue weighted by Crippen LogP contribution is 2.38. The van der Waals surface area contributed by atoms with Gasteiger partial charge in [-0.15, -0.1) is 0 Å². The molecule has 1 aliphatic heterocycles. The summed E-state index contributed by atoms with van der Waals surface area (Å²) in [6, 6.07) is 8.85. The largest absolute Gasteiger partial charge is 0.376 e. The minimum atomic E-state index is 0.264. The molecule has 6 heteroatoms. The van der Waals surface area contributed by atoms with Crippen molar-refractivity contribution in [2.24, 2.45) is 10.7 Å². The van der Waals surface area contributed by atoms with Crippen LogP contribution in [-0.4, -0.2) is 34.8 Å². The fourth-order valence-electron chi connectivity index (χ4n) is 3.18. The normalized spacial score (nSPS) is 21.9. The number of benzene rings is 1. The van der Waals surface area contributed by atoms with Crippen LogP contribution in [0.15, 0.2) is 29.3 Å². The number of nitrogens with one attached hydrogen (secondary N) is 1. The van der Waals surface area contributed by atoms with Gasteiger partial charge in [0, 0.05) is 19.2 Å². The second-order valence-electron chi connectivity index (χ2n) is 6.34. The minimum absolute atomic E-state index is 0.264. The summed E-state index contributed by atoms with van der Waals surface area (Å²) in [6.45, 7) is 2.10. The molecule has 1 aromatic carbocycles. The molecule has 1 saturated heterocycles. The van der Waals surface area contributed by atoms with E-state index >= 15 is 0 Å². The van der Waals surface area contributed by atoms with Crippen LogP contribution in [0.25, 0.3) is 11.0 Å². The number of nitrogens with two attached hydrogens (primary N) is 1. The standard InChI is InChI=1S/C17H23N5O/c18-17(19-10-13-4-3-9-23-13)20-11-16-21-14-5-1-2-6-15(14)22(16)12-7-8-12/h1-2,5-6,12-13H,3-4,7-11H2,(H3,18,19,20). The van der Waals surface area contributed by atoms with Gasteiger partial charge in [-0.1, -0.05) is 12.1 Å². The summed E-state index contributed by atoms with van der Waals surface area (Å²) in [5.41, 5.74) is 8.22. The maximum Gasteiger partial charge on any atom is 0.189 e. The highest BCUT2D eigenvalue weighted by atomic mass is 16.5. The van der Waals surface area contributed by atoms with E-state index in [1.807, 2.05) is 6.07 Å². The maximum absolute atomic E-state index is 5.98. The first-order valence-corrected chi connectivity index (χ1v) is 8.42. The molecular formula is C17H23N5O. The third-order valence-electron chi connectivity index (χ3n) is 4.51. The van der Waals surface area contributed by atoms with Crippen molar-refractivity contribution >= 4 is 17.0 Å². The molecule has 4 rings (SSSR count). The fourth-order valence-corrected chi connectivity index (χ4v) is 3.18. The molecule has 6 nitrogen and oxygen atoms in total. The van der Waals surface area contributed by atoms with Crippen LogP contribution in [0.4, 0.5) is 0 Å². The summed E-state index contributed by atoms with van der Waals surface area (Å²) in [4.78, 5) is 9.20. The van der Waals surface area contributed by atoms with Gasteiger partial charge in [0.1, 0.15) is 12.4 Å². The summed E-state index contributed by atoms with van der Waals surface area (Å²) in [6.07, 6.45) is 4.94. The minimum Gasteiger partial charge on any atom is -0.376 e. The molecule has 0 spiro atoms. The Kier molecular flexibility index (Phi) is 3.91. The third-order valence-corrected chi connectivity index (χ3v) is 4.51. The zero-order chi connectivity index (χ0) is 15.6. The van der Waals surface area contributed by atoms with Crippen LogP contribution >= 0.6 is 0 Å². The zero-order valence-corrected chi connectivity index (χ0v) is 13.2. The number of nitrogens with zero attached hydrogens (tertiary/aromatic N) is 3. The number of rotatable bonds is 5. The van der Waals surface area contributed by atoms with Gasteiger partial charge in [-0.05, 0) is 37.8 Å². The first-order valence-electron chi connectivity index (χ1n) is 8.42. The number of ether oxygens (including phenoxy) is 1. The van der Waals surface area contributed by atoms with Crippen molar-refractivity contribution in [2.75, 3.05) is 13.2 Å². The number of imidazole rings is 1. The Labute approximate surface area is 135 Å². The van der Waals surface area contributed by atoms with Crippen LogP contribution in [-0.2, 0) is 11.3 Å². The van der Waals surface area contributed by atoms with E-state index in [0.717, 1.165) is 37.3 Å². The Balaban J connectivity index is 1.46. The van der Waals surface area contributed by atoms with Crippen molar-refractivity contribution in [1.82, 2.24) is 14.9 Å². The molecule has 0 bridgehead atoms. The molecule has 1 aliphatic carbocycles. The highest BCUT2D eigenvalue weighted by Gasteiger charge is 2.27. The van der Waals surface area contributed by atoms with Crippen LogP contribution in [0.1, 0.15) is 37.5 Å². The van der Waals surface area contributed by atoms with Gasteiger partial charge in [-0.2, -0.15) is 0 Å². The summed E-state index contributed by atoms with van der Waals surface area (Å²) in [5, 5.41) is 3.16. The lowest BCUT2D eigenvalue weighted by Gasteiger charge is -2.11. The third kappa shape index (κ3) is 3.17. The van der Waals surface area contributed by atoms with Crippen molar-refractivity contribution in [3.05, 3.63) is 30.1 Å². The molecule has 2 heterocycles. The van der Waals surface area contributed by atoms with E-state index in [1.165, 1.54) is 18.4 Å². The molecule has 2 aliphatic rings. The second-order valence-corrected chi connectivity index (χ2v) is 6.34. The van der Waals surface area contributed by atoms with Crippen LogP contribution in [0, 0.1) is 0 Å². The van der Waals surface area contributed by atoms with E-state index in [-0.39, 0.29) is 6.10 Å². The molecule has 23 heavy (non-hydrogen) atoms.